The standard InChI is InChI=1S/C28H29ClN4O2S/c1-21-11-13-24(29)15-28(21)36(34,35)32-17-23-9-5-6-10-27(23)33(18-25-16-30-20-31-25)26(19-32)14-12-22-7-3-2-4-8-22/h2-11,13,15-16,20,26H,12,14,17-19H2,1H3,(H,30,31). The number of anilines is 1. The van der Waals surface area contributed by atoms with E-state index in [1.165, 1.54) is 5.56 Å². The number of fused-ring (bicyclic) bond motifs is 1. The summed E-state index contributed by atoms with van der Waals surface area (Å²) >= 11 is 6.22. The van der Waals surface area contributed by atoms with Crippen molar-refractivity contribution in [2.75, 3.05) is 11.4 Å². The Kier molecular flexibility index (Phi) is 7.14. The van der Waals surface area contributed by atoms with Crippen LogP contribution in [0, 0.1) is 6.92 Å². The lowest BCUT2D eigenvalue weighted by molar-refractivity contribution is 0.370. The second-order valence-corrected chi connectivity index (χ2v) is 11.6. The lowest BCUT2D eigenvalue weighted by Gasteiger charge is -2.34. The van der Waals surface area contributed by atoms with Crippen LogP contribution in [0.2, 0.25) is 5.02 Å². The average Bonchev–Trinajstić information content (AvgIpc) is 3.34. The van der Waals surface area contributed by atoms with E-state index < -0.39 is 10.0 Å². The Bertz CT molecular complexity index is 1430. The highest BCUT2D eigenvalue weighted by atomic mass is 35.5. The molecule has 0 spiro atoms. The van der Waals surface area contributed by atoms with E-state index in [9.17, 15) is 8.42 Å². The third-order valence-corrected chi connectivity index (χ3v) is 8.96. The predicted octanol–water partition coefficient (Wildman–Crippen LogP) is 5.58. The zero-order valence-electron chi connectivity index (χ0n) is 20.1. The molecule has 3 aromatic carbocycles. The number of sulfonamides is 1. The lowest BCUT2D eigenvalue weighted by Crippen LogP contribution is -2.43. The Morgan fingerprint density at radius 1 is 1.06 bits per heavy atom. The van der Waals surface area contributed by atoms with Gasteiger partial charge < -0.3 is 9.88 Å². The third-order valence-electron chi connectivity index (χ3n) is 6.78. The molecule has 4 aromatic rings. The van der Waals surface area contributed by atoms with Crippen LogP contribution in [0.25, 0.3) is 0 Å². The zero-order chi connectivity index (χ0) is 25.1. The summed E-state index contributed by atoms with van der Waals surface area (Å²) in [6.07, 6.45) is 5.15. The number of rotatable bonds is 7. The fourth-order valence-corrected chi connectivity index (χ4v) is 6.82. The summed E-state index contributed by atoms with van der Waals surface area (Å²) in [6.45, 7) is 3.09. The van der Waals surface area contributed by atoms with Gasteiger partial charge in [0.1, 0.15) is 0 Å². The van der Waals surface area contributed by atoms with Crippen molar-refractivity contribution in [2.24, 2.45) is 0 Å². The van der Waals surface area contributed by atoms with Gasteiger partial charge in [-0.25, -0.2) is 13.4 Å². The van der Waals surface area contributed by atoms with Gasteiger partial charge in [-0.2, -0.15) is 4.31 Å². The van der Waals surface area contributed by atoms with E-state index in [1.54, 1.807) is 28.8 Å². The number of nitrogens with one attached hydrogen (secondary N) is 1. The Morgan fingerprint density at radius 3 is 2.61 bits per heavy atom. The van der Waals surface area contributed by atoms with E-state index in [2.05, 4.69) is 33.1 Å². The number of aromatic nitrogens is 2. The number of para-hydroxylation sites is 1. The molecule has 1 aliphatic heterocycles. The molecule has 1 unspecified atom stereocenters. The summed E-state index contributed by atoms with van der Waals surface area (Å²) < 4.78 is 29.6. The first-order chi connectivity index (χ1) is 17.4. The summed E-state index contributed by atoms with van der Waals surface area (Å²) in [5.41, 5.74) is 4.92. The summed E-state index contributed by atoms with van der Waals surface area (Å²) in [4.78, 5) is 9.99. The molecule has 8 heteroatoms. The molecule has 0 radical (unpaired) electrons. The van der Waals surface area contributed by atoms with Gasteiger partial charge >= 0.3 is 0 Å². The van der Waals surface area contributed by atoms with E-state index in [4.69, 9.17) is 11.6 Å². The Hall–Kier alpha value is -3.13. The second kappa shape index (κ2) is 10.5. The van der Waals surface area contributed by atoms with Gasteiger partial charge in [0.2, 0.25) is 10.0 Å². The Labute approximate surface area is 217 Å². The number of H-pyrrole nitrogens is 1. The van der Waals surface area contributed by atoms with Crippen molar-refractivity contribution < 1.29 is 8.42 Å². The molecule has 36 heavy (non-hydrogen) atoms. The van der Waals surface area contributed by atoms with Crippen molar-refractivity contribution >= 4 is 27.3 Å². The van der Waals surface area contributed by atoms with Gasteiger partial charge in [0.05, 0.1) is 23.5 Å². The number of halogens is 1. The number of aryl methyl sites for hydroxylation is 2. The Balaban J connectivity index is 1.56. The summed E-state index contributed by atoms with van der Waals surface area (Å²) in [5, 5.41) is 0.413. The van der Waals surface area contributed by atoms with Gasteiger partial charge in [-0.3, -0.25) is 0 Å². The SMILES string of the molecule is Cc1ccc(Cl)cc1S(=O)(=O)N1Cc2ccccc2N(Cc2cnc[nH]2)C(CCc2ccccc2)C1. The molecule has 0 saturated carbocycles. The lowest BCUT2D eigenvalue weighted by atomic mass is 10.0. The molecule has 0 bridgehead atoms. The zero-order valence-corrected chi connectivity index (χ0v) is 21.7. The highest BCUT2D eigenvalue weighted by molar-refractivity contribution is 7.89. The smallest absolute Gasteiger partial charge is 0.243 e. The molecular weight excluding hydrogens is 492 g/mol. The van der Waals surface area contributed by atoms with Gasteiger partial charge in [-0.05, 0) is 54.7 Å². The van der Waals surface area contributed by atoms with Crippen molar-refractivity contribution in [3.63, 3.8) is 0 Å². The monoisotopic (exact) mass is 520 g/mol. The fraction of sp³-hybridized carbons (Fsp3) is 0.250. The van der Waals surface area contributed by atoms with Gasteiger partial charge in [0.15, 0.2) is 0 Å². The maximum atomic E-state index is 14.0. The van der Waals surface area contributed by atoms with Crippen LogP contribution in [-0.2, 0) is 29.5 Å². The van der Waals surface area contributed by atoms with Crippen LogP contribution in [0.4, 0.5) is 5.69 Å². The number of benzene rings is 3. The first kappa shape index (κ1) is 24.6. The van der Waals surface area contributed by atoms with E-state index >= 15 is 0 Å². The van der Waals surface area contributed by atoms with Crippen molar-refractivity contribution in [2.45, 2.75) is 43.8 Å². The fourth-order valence-electron chi connectivity index (χ4n) is 4.88. The van der Waals surface area contributed by atoms with E-state index in [-0.39, 0.29) is 10.9 Å². The maximum absolute atomic E-state index is 14.0. The molecule has 0 aliphatic carbocycles. The van der Waals surface area contributed by atoms with Crippen molar-refractivity contribution in [1.29, 1.82) is 0 Å². The van der Waals surface area contributed by atoms with Gasteiger partial charge in [-0.15, -0.1) is 0 Å². The number of hydrogen-bond donors (Lipinski definition) is 1. The molecule has 5 rings (SSSR count). The predicted molar refractivity (Wildman–Crippen MR) is 144 cm³/mol. The van der Waals surface area contributed by atoms with Crippen LogP contribution in [0.5, 0.6) is 0 Å². The van der Waals surface area contributed by atoms with Gasteiger partial charge in [0, 0.05) is 36.0 Å². The normalized spacial score (nSPS) is 16.5. The first-order valence-corrected chi connectivity index (χ1v) is 13.9. The molecule has 6 nitrogen and oxygen atoms in total. The maximum Gasteiger partial charge on any atom is 0.243 e. The summed E-state index contributed by atoms with van der Waals surface area (Å²) in [5.74, 6) is 0. The third kappa shape index (κ3) is 5.19. The molecule has 1 aromatic heterocycles. The molecular formula is C28H29ClN4O2S. The summed E-state index contributed by atoms with van der Waals surface area (Å²) in [7, 11) is -3.78. The number of nitrogens with zero attached hydrogens (tertiary/aromatic N) is 3. The number of imidazole rings is 1. The van der Waals surface area contributed by atoms with Crippen LogP contribution < -0.4 is 4.90 Å². The first-order valence-electron chi connectivity index (χ1n) is 12.0. The molecule has 1 aliphatic rings. The minimum Gasteiger partial charge on any atom is -0.361 e. The molecule has 0 saturated heterocycles. The molecule has 186 valence electrons. The van der Waals surface area contributed by atoms with Crippen LogP contribution in [0.3, 0.4) is 0 Å². The van der Waals surface area contributed by atoms with Crippen molar-refractivity contribution in [1.82, 2.24) is 14.3 Å². The molecule has 2 heterocycles. The molecule has 0 amide bonds. The largest absolute Gasteiger partial charge is 0.361 e. The van der Waals surface area contributed by atoms with Gasteiger partial charge in [0.25, 0.3) is 0 Å². The van der Waals surface area contributed by atoms with E-state index in [0.717, 1.165) is 29.8 Å². The van der Waals surface area contributed by atoms with Crippen LogP contribution in [-0.4, -0.2) is 35.3 Å². The van der Waals surface area contributed by atoms with Crippen LogP contribution in [0.1, 0.15) is 28.8 Å². The minimum atomic E-state index is -3.78. The van der Waals surface area contributed by atoms with Crippen molar-refractivity contribution in [3.05, 3.63) is 113 Å². The number of hydrogen-bond acceptors (Lipinski definition) is 4. The van der Waals surface area contributed by atoms with Crippen LogP contribution >= 0.6 is 11.6 Å². The number of aromatic amines is 1. The average molecular weight is 521 g/mol. The summed E-state index contributed by atoms with van der Waals surface area (Å²) in [6, 6.07) is 23.4. The topological polar surface area (TPSA) is 69.3 Å². The highest BCUT2D eigenvalue weighted by Crippen LogP contribution is 2.34. The molecule has 1 N–H and O–H groups in total. The van der Waals surface area contributed by atoms with Crippen LogP contribution in [0.15, 0.2) is 90.2 Å². The van der Waals surface area contributed by atoms with Gasteiger partial charge in [-0.1, -0.05) is 66.2 Å². The van der Waals surface area contributed by atoms with E-state index in [0.29, 0.717) is 30.2 Å². The van der Waals surface area contributed by atoms with E-state index in [1.807, 2.05) is 49.5 Å². The molecule has 0 fully saturated rings. The van der Waals surface area contributed by atoms with Crippen molar-refractivity contribution in [3.8, 4) is 0 Å². The Morgan fingerprint density at radius 2 is 1.83 bits per heavy atom. The highest BCUT2D eigenvalue weighted by Gasteiger charge is 2.35. The quantitative estimate of drug-likeness (QED) is 0.345. The second-order valence-electron chi connectivity index (χ2n) is 9.22. The molecule has 1 atom stereocenters. The minimum absolute atomic E-state index is 0.0496.